The molecule has 0 bridgehead atoms. The third-order valence-corrected chi connectivity index (χ3v) is 2.04. The van der Waals surface area contributed by atoms with Crippen molar-refractivity contribution in [2.75, 3.05) is 13.2 Å². The van der Waals surface area contributed by atoms with Crippen LogP contribution in [-0.4, -0.2) is 62.1 Å². The molecule has 0 radical (unpaired) electrons. The number of aliphatic hydroxyl groups is 3. The van der Waals surface area contributed by atoms with E-state index in [9.17, 15) is 19.5 Å². The molecule has 1 aromatic carbocycles. The Bertz CT molecular complexity index is 524. The lowest BCUT2D eigenvalue weighted by Gasteiger charge is -2.14. The van der Waals surface area contributed by atoms with Gasteiger partial charge in [0.25, 0.3) is 0 Å². The number of hydrogen-bond acceptors (Lipinski definition) is 6. The number of carboxylic acid groups (broad SMARTS) is 2. The van der Waals surface area contributed by atoms with Gasteiger partial charge in [-0.05, 0) is 13.8 Å². The molecule has 5 N–H and O–H groups in total. The highest BCUT2D eigenvalue weighted by atomic mass is 16.4. The van der Waals surface area contributed by atoms with Crippen LogP contribution in [-0.2, 0) is 9.59 Å². The minimum Gasteiger partial charge on any atom is -0.478 e. The summed E-state index contributed by atoms with van der Waals surface area (Å²) >= 11 is 0. The second-order valence-corrected chi connectivity index (χ2v) is 4.79. The van der Waals surface area contributed by atoms with Gasteiger partial charge < -0.3 is 25.5 Å². The topological polar surface area (TPSA) is 152 Å². The highest BCUT2D eigenvalue weighted by Gasteiger charge is 2.24. The summed E-state index contributed by atoms with van der Waals surface area (Å²) in [6.07, 6.45) is 1.67. The van der Waals surface area contributed by atoms with Gasteiger partial charge in [0.05, 0.1) is 13.2 Å². The van der Waals surface area contributed by atoms with Crippen molar-refractivity contribution in [1.29, 1.82) is 0 Å². The van der Waals surface area contributed by atoms with Crippen molar-refractivity contribution in [3.05, 3.63) is 61.2 Å². The Hall–Kier alpha value is -2.81. The molecular weight excluding hydrogens is 344 g/mol. The van der Waals surface area contributed by atoms with Crippen LogP contribution in [0.4, 0.5) is 0 Å². The minimum atomic E-state index is -1.28. The maximum Gasteiger partial charge on any atom is 0.327 e. The molecule has 0 spiro atoms. The van der Waals surface area contributed by atoms with Gasteiger partial charge in [-0.15, -0.1) is 0 Å². The Kier molecular flexibility index (Phi) is 18.3. The van der Waals surface area contributed by atoms with Gasteiger partial charge in [0.15, 0.2) is 5.78 Å². The van der Waals surface area contributed by atoms with E-state index < -0.39 is 17.5 Å². The van der Waals surface area contributed by atoms with Gasteiger partial charge in [0.1, 0.15) is 5.60 Å². The summed E-state index contributed by atoms with van der Waals surface area (Å²) in [5.74, 6) is -2.21. The summed E-state index contributed by atoms with van der Waals surface area (Å²) in [5.41, 5.74) is -0.730. The fraction of sp³-hybridized carbons (Fsp3) is 0.278. The second-order valence-electron chi connectivity index (χ2n) is 4.79. The van der Waals surface area contributed by atoms with Crippen molar-refractivity contribution in [3.8, 4) is 0 Å². The van der Waals surface area contributed by atoms with Crippen LogP contribution in [0.3, 0.4) is 0 Å². The monoisotopic (exact) mass is 370 g/mol. The largest absolute Gasteiger partial charge is 0.478 e. The molecule has 0 heterocycles. The number of aliphatic carboxylic acids is 2. The normalized spacial score (nSPS) is 8.81. The van der Waals surface area contributed by atoms with E-state index in [1.807, 2.05) is 6.07 Å². The molecular formula is C18H26O8. The van der Waals surface area contributed by atoms with Crippen molar-refractivity contribution in [2.24, 2.45) is 0 Å². The smallest absolute Gasteiger partial charge is 0.327 e. The molecule has 146 valence electrons. The average molecular weight is 370 g/mol. The van der Waals surface area contributed by atoms with Crippen LogP contribution >= 0.6 is 0 Å². The molecule has 0 saturated carbocycles. The highest BCUT2D eigenvalue weighted by molar-refractivity contribution is 6.01. The third-order valence-electron chi connectivity index (χ3n) is 2.04. The van der Waals surface area contributed by atoms with Gasteiger partial charge in [-0.3, -0.25) is 4.79 Å². The summed E-state index contributed by atoms with van der Waals surface area (Å²) in [6, 6.07) is 8.78. The van der Waals surface area contributed by atoms with Gasteiger partial charge in [-0.1, -0.05) is 43.5 Å². The minimum absolute atomic E-state index is 0.125. The van der Waals surface area contributed by atoms with E-state index in [4.69, 9.17) is 20.4 Å². The third kappa shape index (κ3) is 21.2. The van der Waals surface area contributed by atoms with E-state index in [0.29, 0.717) is 5.56 Å². The number of carbonyl (C=O) groups excluding carboxylic acids is 1. The summed E-state index contributed by atoms with van der Waals surface area (Å²) in [5, 5.41) is 39.8. The van der Waals surface area contributed by atoms with Crippen molar-refractivity contribution in [1.82, 2.24) is 0 Å². The molecule has 0 saturated heterocycles. The molecule has 1 rings (SSSR count). The average Bonchev–Trinajstić information content (AvgIpc) is 2.62. The van der Waals surface area contributed by atoms with Gasteiger partial charge in [-0.25, -0.2) is 9.59 Å². The molecule has 26 heavy (non-hydrogen) atoms. The SMILES string of the molecule is C=CC(=O)O.C=CC(=O)O.CC(C)(O)C(=O)c1ccccc1.OCCO. The van der Waals surface area contributed by atoms with E-state index in [-0.39, 0.29) is 19.0 Å². The number of benzene rings is 1. The number of aliphatic hydroxyl groups excluding tert-OH is 2. The summed E-state index contributed by atoms with van der Waals surface area (Å²) in [7, 11) is 0. The van der Waals surface area contributed by atoms with Crippen LogP contribution in [0.5, 0.6) is 0 Å². The zero-order chi connectivity index (χ0) is 21.2. The van der Waals surface area contributed by atoms with Crippen LogP contribution in [0.1, 0.15) is 24.2 Å². The first-order valence-corrected chi connectivity index (χ1v) is 7.22. The van der Waals surface area contributed by atoms with Gasteiger partial charge in [0.2, 0.25) is 0 Å². The first kappa shape index (κ1) is 28.0. The molecule has 1 aromatic rings. The van der Waals surface area contributed by atoms with E-state index in [1.165, 1.54) is 13.8 Å². The Morgan fingerprint density at radius 1 is 0.923 bits per heavy atom. The Morgan fingerprint density at radius 2 is 1.23 bits per heavy atom. The summed E-state index contributed by atoms with van der Waals surface area (Å²) < 4.78 is 0. The number of hydrogen-bond donors (Lipinski definition) is 5. The number of carbonyl (C=O) groups is 3. The lowest BCUT2D eigenvalue weighted by molar-refractivity contribution is -0.132. The summed E-state index contributed by atoms with van der Waals surface area (Å²) in [4.78, 5) is 29.9. The zero-order valence-corrected chi connectivity index (χ0v) is 14.8. The predicted octanol–water partition coefficient (Wildman–Crippen LogP) is 1.13. The fourth-order valence-corrected chi connectivity index (χ4v) is 0.943. The lowest BCUT2D eigenvalue weighted by Crippen LogP contribution is -2.30. The predicted molar refractivity (Wildman–Crippen MR) is 96.9 cm³/mol. The molecule has 0 aliphatic carbocycles. The second kappa shape index (κ2) is 17.0. The van der Waals surface area contributed by atoms with Gasteiger partial charge in [-0.2, -0.15) is 0 Å². The van der Waals surface area contributed by atoms with Crippen LogP contribution in [0, 0.1) is 0 Å². The van der Waals surface area contributed by atoms with Crippen LogP contribution in [0.25, 0.3) is 0 Å². The van der Waals surface area contributed by atoms with Crippen molar-refractivity contribution in [2.45, 2.75) is 19.4 Å². The first-order chi connectivity index (χ1) is 12.0. The Morgan fingerprint density at radius 3 is 1.42 bits per heavy atom. The fourth-order valence-electron chi connectivity index (χ4n) is 0.943. The maximum atomic E-state index is 11.4. The quantitative estimate of drug-likeness (QED) is 0.382. The van der Waals surface area contributed by atoms with E-state index in [0.717, 1.165) is 12.2 Å². The molecule has 0 amide bonds. The van der Waals surface area contributed by atoms with Gasteiger partial charge >= 0.3 is 11.9 Å². The number of rotatable bonds is 5. The molecule has 0 aliphatic rings. The standard InChI is InChI=1S/C10H12O2.2C3H4O2.C2H6O2/c1-10(2,12)9(11)8-6-4-3-5-7-8;2*1-2-3(4)5;3-1-2-4/h3-7,12H,1-2H3;2*2H,1H2,(H,4,5);3-4H,1-2H2. The number of ketones is 1. The van der Waals surface area contributed by atoms with E-state index in [1.54, 1.807) is 24.3 Å². The number of carboxylic acids is 2. The van der Waals surface area contributed by atoms with Crippen LogP contribution < -0.4 is 0 Å². The summed E-state index contributed by atoms with van der Waals surface area (Å²) in [6.45, 7) is 8.65. The molecule has 0 aromatic heterocycles. The van der Waals surface area contributed by atoms with Gasteiger partial charge in [0, 0.05) is 17.7 Å². The first-order valence-electron chi connectivity index (χ1n) is 7.22. The Balaban J connectivity index is -0.000000316. The van der Waals surface area contributed by atoms with Crippen molar-refractivity contribution in [3.63, 3.8) is 0 Å². The van der Waals surface area contributed by atoms with Crippen molar-refractivity contribution >= 4 is 17.7 Å². The molecule has 0 atom stereocenters. The molecule has 0 aliphatic heterocycles. The highest BCUT2D eigenvalue weighted by Crippen LogP contribution is 2.11. The maximum absolute atomic E-state index is 11.4. The number of Topliss-reactive ketones (excluding diaryl/α,β-unsaturated/α-hetero) is 1. The van der Waals surface area contributed by atoms with Crippen LogP contribution in [0.2, 0.25) is 0 Å². The molecule has 8 nitrogen and oxygen atoms in total. The van der Waals surface area contributed by atoms with Crippen molar-refractivity contribution < 1.29 is 39.9 Å². The van der Waals surface area contributed by atoms with E-state index in [2.05, 4.69) is 13.2 Å². The lowest BCUT2D eigenvalue weighted by atomic mass is 9.97. The Labute approximate surface area is 152 Å². The van der Waals surface area contributed by atoms with Crippen LogP contribution in [0.15, 0.2) is 55.6 Å². The zero-order valence-electron chi connectivity index (χ0n) is 14.8. The molecule has 0 unspecified atom stereocenters. The molecule has 8 heteroatoms. The van der Waals surface area contributed by atoms with E-state index >= 15 is 0 Å². The molecule has 0 fully saturated rings.